The van der Waals surface area contributed by atoms with Gasteiger partial charge in [0.1, 0.15) is 11.6 Å². The van der Waals surface area contributed by atoms with Gasteiger partial charge in [-0.15, -0.1) is 10.2 Å². The number of hydrogen-bond acceptors (Lipinski definition) is 3. The van der Waals surface area contributed by atoms with Crippen molar-refractivity contribution in [2.75, 3.05) is 6.54 Å². The van der Waals surface area contributed by atoms with Gasteiger partial charge in [-0.1, -0.05) is 23.7 Å². The third-order valence-electron chi connectivity index (χ3n) is 4.12. The Balaban J connectivity index is 1.81. The molecule has 1 aliphatic heterocycles. The average Bonchev–Trinajstić information content (AvgIpc) is 3.01. The van der Waals surface area contributed by atoms with Crippen LogP contribution in [0.15, 0.2) is 24.3 Å². The summed E-state index contributed by atoms with van der Waals surface area (Å²) < 4.78 is 2.06. The van der Waals surface area contributed by atoms with Crippen molar-refractivity contribution in [2.24, 2.45) is 7.05 Å². The molecule has 1 fully saturated rings. The van der Waals surface area contributed by atoms with Gasteiger partial charge in [0.2, 0.25) is 0 Å². The topological polar surface area (TPSA) is 34.0 Å². The lowest BCUT2D eigenvalue weighted by atomic mass is 10.0. The molecule has 1 saturated heterocycles. The number of benzene rings is 1. The average molecular weight is 291 g/mol. The van der Waals surface area contributed by atoms with E-state index in [1.807, 2.05) is 26.1 Å². The Morgan fingerprint density at radius 3 is 2.90 bits per heavy atom. The summed E-state index contributed by atoms with van der Waals surface area (Å²) in [6.07, 6.45) is 2.39. The van der Waals surface area contributed by atoms with E-state index in [0.717, 1.165) is 29.8 Å². The number of aryl methyl sites for hydroxylation is 1. The standard InChI is InChI=1S/C15H19ClN4/c1-11-17-18-15(19(11)2)10-20-8-4-7-14(20)12-5-3-6-13(16)9-12/h3,5-6,9,14H,4,7-8,10H2,1-2H3/t14-/m0/s1. The minimum atomic E-state index is 0.436. The maximum Gasteiger partial charge on any atom is 0.146 e. The fourth-order valence-electron chi connectivity index (χ4n) is 2.88. The van der Waals surface area contributed by atoms with E-state index >= 15 is 0 Å². The van der Waals surface area contributed by atoms with E-state index in [0.29, 0.717) is 6.04 Å². The minimum absolute atomic E-state index is 0.436. The van der Waals surface area contributed by atoms with Crippen LogP contribution >= 0.6 is 11.6 Å². The van der Waals surface area contributed by atoms with Crippen molar-refractivity contribution in [3.05, 3.63) is 46.5 Å². The minimum Gasteiger partial charge on any atom is -0.317 e. The van der Waals surface area contributed by atoms with Gasteiger partial charge in [0.25, 0.3) is 0 Å². The van der Waals surface area contributed by atoms with Crippen molar-refractivity contribution in [1.29, 1.82) is 0 Å². The third kappa shape index (κ3) is 2.58. The van der Waals surface area contributed by atoms with Gasteiger partial charge in [0.15, 0.2) is 0 Å². The van der Waals surface area contributed by atoms with E-state index in [9.17, 15) is 0 Å². The van der Waals surface area contributed by atoms with E-state index in [4.69, 9.17) is 11.6 Å². The van der Waals surface area contributed by atoms with E-state index in [1.54, 1.807) is 0 Å². The fraction of sp³-hybridized carbons (Fsp3) is 0.467. The number of nitrogens with zero attached hydrogens (tertiary/aromatic N) is 4. The van der Waals surface area contributed by atoms with Crippen LogP contribution in [0, 0.1) is 6.92 Å². The summed E-state index contributed by atoms with van der Waals surface area (Å²) in [6.45, 7) is 3.92. The maximum absolute atomic E-state index is 6.11. The Bertz CT molecular complexity index is 608. The van der Waals surface area contributed by atoms with Crippen LogP contribution in [0.25, 0.3) is 0 Å². The van der Waals surface area contributed by atoms with Crippen LogP contribution in [-0.4, -0.2) is 26.2 Å². The van der Waals surface area contributed by atoms with Crippen molar-refractivity contribution < 1.29 is 0 Å². The second-order valence-electron chi connectivity index (χ2n) is 5.41. The first kappa shape index (κ1) is 13.6. The van der Waals surface area contributed by atoms with Crippen LogP contribution in [0.4, 0.5) is 0 Å². The van der Waals surface area contributed by atoms with E-state index in [1.165, 1.54) is 18.4 Å². The molecule has 1 atom stereocenters. The molecule has 0 unspecified atom stereocenters. The lowest BCUT2D eigenvalue weighted by molar-refractivity contribution is 0.239. The zero-order chi connectivity index (χ0) is 14.1. The van der Waals surface area contributed by atoms with Gasteiger partial charge in [0, 0.05) is 18.1 Å². The summed E-state index contributed by atoms with van der Waals surface area (Å²) in [5.41, 5.74) is 1.30. The van der Waals surface area contributed by atoms with Crippen LogP contribution in [-0.2, 0) is 13.6 Å². The second kappa shape index (κ2) is 5.54. The molecule has 0 N–H and O–H groups in total. The molecule has 0 spiro atoms. The lowest BCUT2D eigenvalue weighted by Gasteiger charge is -2.24. The molecule has 2 aromatic rings. The molecule has 0 aliphatic carbocycles. The second-order valence-corrected chi connectivity index (χ2v) is 5.84. The molecule has 20 heavy (non-hydrogen) atoms. The Kier molecular flexibility index (Phi) is 3.76. The Labute approximate surface area is 124 Å². The summed E-state index contributed by atoms with van der Waals surface area (Å²) in [5.74, 6) is 1.98. The highest BCUT2D eigenvalue weighted by molar-refractivity contribution is 6.30. The zero-order valence-corrected chi connectivity index (χ0v) is 12.6. The SMILES string of the molecule is Cc1nnc(CN2CCC[C@H]2c2cccc(Cl)c2)n1C. The predicted molar refractivity (Wildman–Crippen MR) is 79.6 cm³/mol. The summed E-state index contributed by atoms with van der Waals surface area (Å²) in [6, 6.07) is 8.63. The molecule has 3 rings (SSSR count). The zero-order valence-electron chi connectivity index (χ0n) is 11.9. The van der Waals surface area contributed by atoms with E-state index < -0.39 is 0 Å². The molecule has 1 aliphatic rings. The first-order valence-corrected chi connectivity index (χ1v) is 7.37. The van der Waals surface area contributed by atoms with Gasteiger partial charge in [-0.25, -0.2) is 0 Å². The smallest absolute Gasteiger partial charge is 0.146 e. The first-order chi connectivity index (χ1) is 9.65. The molecule has 5 heteroatoms. The molecule has 0 bridgehead atoms. The van der Waals surface area contributed by atoms with Crippen molar-refractivity contribution in [2.45, 2.75) is 32.4 Å². The van der Waals surface area contributed by atoms with Gasteiger partial charge in [-0.05, 0) is 44.0 Å². The van der Waals surface area contributed by atoms with Crippen molar-refractivity contribution in [1.82, 2.24) is 19.7 Å². The van der Waals surface area contributed by atoms with Gasteiger partial charge in [-0.3, -0.25) is 4.90 Å². The lowest BCUT2D eigenvalue weighted by Crippen LogP contribution is -2.24. The van der Waals surface area contributed by atoms with Crippen LogP contribution < -0.4 is 0 Å². The molecule has 0 amide bonds. The molecular weight excluding hydrogens is 272 g/mol. The van der Waals surface area contributed by atoms with Gasteiger partial charge in [-0.2, -0.15) is 0 Å². The number of aromatic nitrogens is 3. The molecule has 4 nitrogen and oxygen atoms in total. The summed E-state index contributed by atoms with van der Waals surface area (Å²) in [4.78, 5) is 2.47. The Morgan fingerprint density at radius 1 is 1.35 bits per heavy atom. The largest absolute Gasteiger partial charge is 0.317 e. The number of halogens is 1. The molecule has 0 radical (unpaired) electrons. The molecule has 2 heterocycles. The van der Waals surface area contributed by atoms with Crippen LogP contribution in [0.1, 0.15) is 36.1 Å². The van der Waals surface area contributed by atoms with Crippen LogP contribution in [0.5, 0.6) is 0 Å². The van der Waals surface area contributed by atoms with Gasteiger partial charge < -0.3 is 4.57 Å². The maximum atomic E-state index is 6.11. The fourth-order valence-corrected chi connectivity index (χ4v) is 3.08. The Morgan fingerprint density at radius 2 is 2.20 bits per heavy atom. The van der Waals surface area contributed by atoms with Crippen molar-refractivity contribution in [3.63, 3.8) is 0 Å². The molecule has 1 aromatic carbocycles. The van der Waals surface area contributed by atoms with Crippen LogP contribution in [0.2, 0.25) is 5.02 Å². The summed E-state index contributed by atoms with van der Waals surface area (Å²) in [5, 5.41) is 9.21. The van der Waals surface area contributed by atoms with Crippen molar-refractivity contribution >= 4 is 11.6 Å². The predicted octanol–water partition coefficient (Wildman–Crippen LogP) is 3.11. The quantitative estimate of drug-likeness (QED) is 0.871. The normalized spacial score (nSPS) is 19.6. The van der Waals surface area contributed by atoms with Gasteiger partial charge >= 0.3 is 0 Å². The van der Waals surface area contributed by atoms with Gasteiger partial charge in [0.05, 0.1) is 6.54 Å². The monoisotopic (exact) mass is 290 g/mol. The molecular formula is C15H19ClN4. The summed E-state index contributed by atoms with van der Waals surface area (Å²) in [7, 11) is 2.02. The highest BCUT2D eigenvalue weighted by atomic mass is 35.5. The number of likely N-dealkylation sites (tertiary alicyclic amines) is 1. The van der Waals surface area contributed by atoms with Crippen molar-refractivity contribution in [3.8, 4) is 0 Å². The van der Waals surface area contributed by atoms with E-state index in [-0.39, 0.29) is 0 Å². The summed E-state index contributed by atoms with van der Waals surface area (Å²) >= 11 is 6.11. The van der Waals surface area contributed by atoms with Crippen LogP contribution in [0.3, 0.4) is 0 Å². The highest BCUT2D eigenvalue weighted by Crippen LogP contribution is 2.33. The first-order valence-electron chi connectivity index (χ1n) is 6.99. The third-order valence-corrected chi connectivity index (χ3v) is 4.36. The van der Waals surface area contributed by atoms with E-state index in [2.05, 4.69) is 31.8 Å². The highest BCUT2D eigenvalue weighted by Gasteiger charge is 2.27. The number of hydrogen-bond donors (Lipinski definition) is 0. The molecule has 0 saturated carbocycles. The Hall–Kier alpha value is -1.39. The number of rotatable bonds is 3. The molecule has 1 aromatic heterocycles. The molecule has 106 valence electrons.